The fraction of sp³-hybridized carbons (Fsp3) is 0.562. The number of nitrogens with two attached hydrogens (primary N) is 1. The molecule has 2 rings (SSSR count). The van der Waals surface area contributed by atoms with E-state index in [0.29, 0.717) is 19.0 Å². The van der Waals surface area contributed by atoms with E-state index in [-0.39, 0.29) is 18.5 Å². The molecule has 1 saturated carbocycles. The molecule has 0 spiro atoms. The summed E-state index contributed by atoms with van der Waals surface area (Å²) in [7, 11) is 0. The van der Waals surface area contributed by atoms with Crippen molar-refractivity contribution < 1.29 is 10.3 Å². The van der Waals surface area contributed by atoms with Crippen molar-refractivity contribution in [2.45, 2.75) is 44.2 Å². The molecule has 116 valence electrons. The van der Waals surface area contributed by atoms with Crippen LogP contribution in [0.4, 0.5) is 0 Å². The van der Waals surface area contributed by atoms with Crippen molar-refractivity contribution in [1.29, 1.82) is 0 Å². The van der Waals surface area contributed by atoms with Crippen LogP contribution >= 0.6 is 0 Å². The van der Waals surface area contributed by atoms with Gasteiger partial charge in [0.15, 0.2) is 0 Å². The second kappa shape index (κ2) is 8.00. The summed E-state index contributed by atoms with van der Waals surface area (Å²) in [6.45, 7) is 0.735. The van der Waals surface area contributed by atoms with Crippen LogP contribution in [-0.4, -0.2) is 40.2 Å². The molecule has 1 aromatic carbocycles. The molecule has 0 bridgehead atoms. The lowest BCUT2D eigenvalue weighted by Gasteiger charge is -2.36. The minimum atomic E-state index is 0.0392. The highest BCUT2D eigenvalue weighted by Gasteiger charge is 2.29. The van der Waals surface area contributed by atoms with Crippen LogP contribution < -0.4 is 5.73 Å². The van der Waals surface area contributed by atoms with E-state index < -0.39 is 0 Å². The smallest absolute Gasteiger partial charge is 0.141 e. The Morgan fingerprint density at radius 3 is 2.52 bits per heavy atom. The minimum absolute atomic E-state index is 0.0392. The predicted molar refractivity (Wildman–Crippen MR) is 83.3 cm³/mol. The molecule has 4 N–H and O–H groups in total. The van der Waals surface area contributed by atoms with Crippen molar-refractivity contribution >= 4 is 5.84 Å². The third kappa shape index (κ3) is 4.19. The van der Waals surface area contributed by atoms with E-state index in [1.807, 2.05) is 18.2 Å². The average Bonchev–Trinajstić information content (AvgIpc) is 3.05. The highest BCUT2D eigenvalue weighted by Crippen LogP contribution is 2.32. The number of oxime groups is 1. The first kappa shape index (κ1) is 15.8. The van der Waals surface area contributed by atoms with Gasteiger partial charge < -0.3 is 16.0 Å². The van der Waals surface area contributed by atoms with E-state index in [2.05, 4.69) is 22.2 Å². The van der Waals surface area contributed by atoms with E-state index in [4.69, 9.17) is 10.9 Å². The van der Waals surface area contributed by atoms with Crippen molar-refractivity contribution in [1.82, 2.24) is 4.90 Å². The van der Waals surface area contributed by atoms with Crippen molar-refractivity contribution in [2.24, 2.45) is 10.9 Å². The number of aliphatic hydroxyl groups is 1. The Kier molecular flexibility index (Phi) is 6.02. The summed E-state index contributed by atoms with van der Waals surface area (Å²) in [5.74, 6) is 0.227. The lowest BCUT2D eigenvalue weighted by atomic mass is 9.99. The third-order valence-corrected chi connectivity index (χ3v) is 4.27. The van der Waals surface area contributed by atoms with Gasteiger partial charge >= 0.3 is 0 Å². The van der Waals surface area contributed by atoms with Crippen LogP contribution in [0.3, 0.4) is 0 Å². The topological polar surface area (TPSA) is 82.1 Å². The summed E-state index contributed by atoms with van der Waals surface area (Å²) in [5, 5.41) is 21.5. The van der Waals surface area contributed by atoms with Crippen LogP contribution in [0.5, 0.6) is 0 Å². The van der Waals surface area contributed by atoms with Crippen molar-refractivity contribution in [3.8, 4) is 0 Å². The summed E-state index contributed by atoms with van der Waals surface area (Å²) >= 11 is 0. The first-order chi connectivity index (χ1) is 10.3. The molecule has 0 heterocycles. The van der Waals surface area contributed by atoms with Crippen LogP contribution in [0.2, 0.25) is 0 Å². The number of rotatable bonds is 7. The zero-order valence-electron chi connectivity index (χ0n) is 12.4. The Morgan fingerprint density at radius 2 is 1.95 bits per heavy atom. The van der Waals surface area contributed by atoms with Gasteiger partial charge in [-0.25, -0.2) is 0 Å². The van der Waals surface area contributed by atoms with Gasteiger partial charge in [-0.05, 0) is 18.4 Å². The maximum absolute atomic E-state index is 9.43. The predicted octanol–water partition coefficient (Wildman–Crippen LogP) is 2.10. The minimum Gasteiger partial charge on any atom is -0.409 e. The van der Waals surface area contributed by atoms with Crippen LogP contribution in [0.15, 0.2) is 35.5 Å². The Balaban J connectivity index is 2.26. The standard InChI is InChI=1S/C16H25N3O2/c17-16(18-21)12-15(13-6-2-1-3-7-13)19(10-11-20)14-8-4-5-9-14/h1-3,6-7,14-15,20-21H,4-5,8-12H2,(H2,17,18). The van der Waals surface area contributed by atoms with E-state index >= 15 is 0 Å². The van der Waals surface area contributed by atoms with Gasteiger partial charge in [0.1, 0.15) is 5.84 Å². The lowest BCUT2D eigenvalue weighted by Crippen LogP contribution is -2.40. The average molecular weight is 291 g/mol. The number of hydrogen-bond donors (Lipinski definition) is 3. The van der Waals surface area contributed by atoms with Crippen LogP contribution in [0.25, 0.3) is 0 Å². The van der Waals surface area contributed by atoms with Crippen molar-refractivity contribution in [2.75, 3.05) is 13.2 Å². The van der Waals surface area contributed by atoms with Crippen LogP contribution in [0, 0.1) is 0 Å². The molecule has 1 unspecified atom stereocenters. The first-order valence-corrected chi connectivity index (χ1v) is 7.64. The fourth-order valence-electron chi connectivity index (χ4n) is 3.28. The van der Waals surface area contributed by atoms with E-state index in [1.54, 1.807) is 0 Å². The Bertz CT molecular complexity index is 444. The lowest BCUT2D eigenvalue weighted by molar-refractivity contribution is 0.106. The SMILES string of the molecule is NC(CC(c1ccccc1)N(CCO)C1CCCC1)=NO. The summed E-state index contributed by atoms with van der Waals surface area (Å²) < 4.78 is 0. The van der Waals surface area contributed by atoms with E-state index in [9.17, 15) is 5.11 Å². The molecule has 5 nitrogen and oxygen atoms in total. The molecule has 0 amide bonds. The number of amidine groups is 1. The monoisotopic (exact) mass is 291 g/mol. The molecule has 0 radical (unpaired) electrons. The molecular weight excluding hydrogens is 266 g/mol. The fourth-order valence-corrected chi connectivity index (χ4v) is 3.28. The van der Waals surface area contributed by atoms with E-state index in [1.165, 1.54) is 12.8 Å². The second-order valence-electron chi connectivity index (χ2n) is 5.62. The van der Waals surface area contributed by atoms with E-state index in [0.717, 1.165) is 18.4 Å². The quantitative estimate of drug-likeness (QED) is 0.311. The molecule has 0 aromatic heterocycles. The highest BCUT2D eigenvalue weighted by atomic mass is 16.4. The molecule has 1 fully saturated rings. The summed E-state index contributed by atoms with van der Waals surface area (Å²) in [6.07, 6.45) is 5.24. The van der Waals surface area contributed by atoms with Gasteiger partial charge in [0.05, 0.1) is 6.61 Å². The zero-order chi connectivity index (χ0) is 15.1. The summed E-state index contributed by atoms with van der Waals surface area (Å²) in [4.78, 5) is 2.32. The highest BCUT2D eigenvalue weighted by molar-refractivity contribution is 5.80. The van der Waals surface area contributed by atoms with Crippen molar-refractivity contribution in [3.63, 3.8) is 0 Å². The second-order valence-corrected chi connectivity index (χ2v) is 5.62. The number of aliphatic hydroxyl groups excluding tert-OH is 1. The van der Waals surface area contributed by atoms with Gasteiger partial charge in [-0.15, -0.1) is 0 Å². The molecule has 1 atom stereocenters. The molecular formula is C16H25N3O2. The van der Waals surface area contributed by atoms with Gasteiger partial charge in [0, 0.05) is 25.0 Å². The Labute approximate surface area is 126 Å². The number of benzene rings is 1. The van der Waals surface area contributed by atoms with Gasteiger partial charge in [-0.3, -0.25) is 4.90 Å². The van der Waals surface area contributed by atoms with Crippen molar-refractivity contribution in [3.05, 3.63) is 35.9 Å². The zero-order valence-corrected chi connectivity index (χ0v) is 12.4. The first-order valence-electron chi connectivity index (χ1n) is 7.64. The van der Waals surface area contributed by atoms with Gasteiger partial charge in [-0.2, -0.15) is 0 Å². The number of hydrogen-bond acceptors (Lipinski definition) is 4. The molecule has 0 aliphatic heterocycles. The maximum Gasteiger partial charge on any atom is 0.141 e. The van der Waals surface area contributed by atoms with Gasteiger partial charge in [-0.1, -0.05) is 48.3 Å². The molecule has 1 aromatic rings. The molecule has 5 heteroatoms. The normalized spacial score (nSPS) is 18.3. The summed E-state index contributed by atoms with van der Waals surface area (Å²) in [6, 6.07) is 10.6. The Morgan fingerprint density at radius 1 is 1.29 bits per heavy atom. The molecule has 1 aliphatic rings. The Hall–Kier alpha value is -1.59. The maximum atomic E-state index is 9.43. The molecule has 1 aliphatic carbocycles. The largest absolute Gasteiger partial charge is 0.409 e. The molecule has 21 heavy (non-hydrogen) atoms. The summed E-state index contributed by atoms with van der Waals surface area (Å²) in [5.41, 5.74) is 6.90. The molecule has 0 saturated heterocycles. The van der Waals surface area contributed by atoms with Gasteiger partial charge in [0.2, 0.25) is 0 Å². The third-order valence-electron chi connectivity index (χ3n) is 4.27. The van der Waals surface area contributed by atoms with Crippen LogP contribution in [-0.2, 0) is 0 Å². The number of nitrogens with zero attached hydrogens (tertiary/aromatic N) is 2. The van der Waals surface area contributed by atoms with Crippen LogP contribution in [0.1, 0.15) is 43.7 Å². The van der Waals surface area contributed by atoms with Gasteiger partial charge in [0.25, 0.3) is 0 Å².